The number of thioether (sulfide) groups is 1. The monoisotopic (exact) mass is 303 g/mol. The van der Waals surface area contributed by atoms with Crippen molar-refractivity contribution in [2.24, 2.45) is 0 Å². The molecule has 0 N–H and O–H groups in total. The number of para-hydroxylation sites is 2. The van der Waals surface area contributed by atoms with Gasteiger partial charge in [0.2, 0.25) is 0 Å². The zero-order valence-electron chi connectivity index (χ0n) is 11.0. The predicted octanol–water partition coefficient (Wildman–Crippen LogP) is 5.07. The van der Waals surface area contributed by atoms with Crippen molar-refractivity contribution in [2.75, 3.05) is 6.26 Å². The Bertz CT molecular complexity index is 675. The highest BCUT2D eigenvalue weighted by Crippen LogP contribution is 2.27. The Balaban J connectivity index is 1.78. The SMILES string of the molecule is CSc1ccc(C(Cl)Cc2nc3ccccc3o2)cc1. The zero-order valence-corrected chi connectivity index (χ0v) is 12.6. The third kappa shape index (κ3) is 2.84. The maximum Gasteiger partial charge on any atom is 0.197 e. The van der Waals surface area contributed by atoms with E-state index in [1.165, 1.54) is 4.90 Å². The van der Waals surface area contributed by atoms with Gasteiger partial charge in [-0.1, -0.05) is 24.3 Å². The molecule has 0 radical (unpaired) electrons. The number of hydrogen-bond acceptors (Lipinski definition) is 3. The second-order valence-electron chi connectivity index (χ2n) is 4.52. The van der Waals surface area contributed by atoms with Crippen molar-refractivity contribution in [1.29, 1.82) is 0 Å². The van der Waals surface area contributed by atoms with Crippen molar-refractivity contribution in [3.8, 4) is 0 Å². The molecule has 1 heterocycles. The van der Waals surface area contributed by atoms with Crippen LogP contribution in [0.2, 0.25) is 0 Å². The number of nitrogens with zero attached hydrogens (tertiary/aromatic N) is 1. The highest BCUT2D eigenvalue weighted by Gasteiger charge is 2.13. The Morgan fingerprint density at radius 1 is 1.15 bits per heavy atom. The summed E-state index contributed by atoms with van der Waals surface area (Å²) in [6.45, 7) is 0. The standard InChI is InChI=1S/C16H14ClNOS/c1-20-12-8-6-11(7-9-12)13(17)10-16-18-14-4-2-3-5-15(14)19-16/h2-9,13H,10H2,1H3. The molecule has 0 saturated heterocycles. The van der Waals surface area contributed by atoms with Crippen LogP contribution in [0.5, 0.6) is 0 Å². The number of alkyl halides is 1. The molecule has 0 aliphatic rings. The van der Waals surface area contributed by atoms with Gasteiger partial charge in [0.05, 0.1) is 5.38 Å². The lowest BCUT2D eigenvalue weighted by Gasteiger charge is -2.07. The van der Waals surface area contributed by atoms with Crippen LogP contribution >= 0.6 is 23.4 Å². The van der Waals surface area contributed by atoms with E-state index < -0.39 is 0 Å². The molecule has 3 aromatic rings. The second-order valence-corrected chi connectivity index (χ2v) is 5.93. The molecule has 4 heteroatoms. The lowest BCUT2D eigenvalue weighted by molar-refractivity contribution is 0.525. The summed E-state index contributed by atoms with van der Waals surface area (Å²) >= 11 is 8.18. The summed E-state index contributed by atoms with van der Waals surface area (Å²) in [6, 6.07) is 16.0. The molecular weight excluding hydrogens is 290 g/mol. The van der Waals surface area contributed by atoms with Gasteiger partial charge in [0, 0.05) is 11.3 Å². The predicted molar refractivity (Wildman–Crippen MR) is 84.5 cm³/mol. The van der Waals surface area contributed by atoms with Crippen LogP contribution in [0.25, 0.3) is 11.1 Å². The number of fused-ring (bicyclic) bond motifs is 1. The maximum absolute atomic E-state index is 6.46. The summed E-state index contributed by atoms with van der Waals surface area (Å²) < 4.78 is 5.71. The van der Waals surface area contributed by atoms with Crippen LogP contribution in [0.1, 0.15) is 16.8 Å². The fourth-order valence-corrected chi connectivity index (χ4v) is 2.78. The van der Waals surface area contributed by atoms with Gasteiger partial charge in [-0.3, -0.25) is 0 Å². The van der Waals surface area contributed by atoms with Crippen molar-refractivity contribution in [3.05, 3.63) is 60.0 Å². The number of halogens is 1. The van der Waals surface area contributed by atoms with Crippen molar-refractivity contribution in [3.63, 3.8) is 0 Å². The Morgan fingerprint density at radius 2 is 1.90 bits per heavy atom. The van der Waals surface area contributed by atoms with Gasteiger partial charge in [-0.2, -0.15) is 0 Å². The van der Waals surface area contributed by atoms with E-state index in [2.05, 4.69) is 35.5 Å². The van der Waals surface area contributed by atoms with Gasteiger partial charge in [0.1, 0.15) is 5.52 Å². The molecule has 1 unspecified atom stereocenters. The number of aromatic nitrogens is 1. The molecular formula is C16H14ClNOS. The summed E-state index contributed by atoms with van der Waals surface area (Å²) in [5, 5.41) is -0.126. The Hall–Kier alpha value is -1.45. The fourth-order valence-electron chi connectivity index (χ4n) is 2.09. The maximum atomic E-state index is 6.46. The number of benzene rings is 2. The average Bonchev–Trinajstić information content (AvgIpc) is 2.89. The quantitative estimate of drug-likeness (QED) is 0.497. The first-order valence-corrected chi connectivity index (χ1v) is 8.05. The molecule has 1 aromatic heterocycles. The molecule has 0 aliphatic carbocycles. The molecule has 0 fully saturated rings. The summed E-state index contributed by atoms with van der Waals surface area (Å²) in [5.74, 6) is 0.681. The van der Waals surface area contributed by atoms with E-state index in [9.17, 15) is 0 Å². The molecule has 0 spiro atoms. The fraction of sp³-hybridized carbons (Fsp3) is 0.188. The summed E-state index contributed by atoms with van der Waals surface area (Å²) in [6.07, 6.45) is 2.65. The molecule has 2 aromatic carbocycles. The van der Waals surface area contributed by atoms with Crippen LogP contribution in [0, 0.1) is 0 Å². The van der Waals surface area contributed by atoms with Crippen LogP contribution in [-0.4, -0.2) is 11.2 Å². The molecule has 20 heavy (non-hydrogen) atoms. The lowest BCUT2D eigenvalue weighted by atomic mass is 10.1. The molecule has 1 atom stereocenters. The van der Waals surface area contributed by atoms with E-state index in [-0.39, 0.29) is 5.38 Å². The highest BCUT2D eigenvalue weighted by atomic mass is 35.5. The van der Waals surface area contributed by atoms with E-state index in [0.29, 0.717) is 12.3 Å². The van der Waals surface area contributed by atoms with Crippen LogP contribution in [0.4, 0.5) is 0 Å². The van der Waals surface area contributed by atoms with Crippen LogP contribution in [0.3, 0.4) is 0 Å². The van der Waals surface area contributed by atoms with Gasteiger partial charge in [0.15, 0.2) is 11.5 Å². The van der Waals surface area contributed by atoms with Gasteiger partial charge in [-0.05, 0) is 36.1 Å². The Labute approximate surface area is 127 Å². The molecule has 0 aliphatic heterocycles. The molecule has 102 valence electrons. The first-order valence-electron chi connectivity index (χ1n) is 6.39. The minimum atomic E-state index is -0.126. The first-order chi connectivity index (χ1) is 9.76. The topological polar surface area (TPSA) is 26.0 Å². The highest BCUT2D eigenvalue weighted by molar-refractivity contribution is 7.98. The third-order valence-corrected chi connectivity index (χ3v) is 4.32. The van der Waals surface area contributed by atoms with Crippen LogP contribution in [0.15, 0.2) is 57.8 Å². The van der Waals surface area contributed by atoms with Gasteiger partial charge in [-0.25, -0.2) is 4.98 Å². The van der Waals surface area contributed by atoms with Crippen molar-refractivity contribution < 1.29 is 4.42 Å². The van der Waals surface area contributed by atoms with Gasteiger partial charge in [0.25, 0.3) is 0 Å². The van der Waals surface area contributed by atoms with Crippen molar-refractivity contribution in [2.45, 2.75) is 16.7 Å². The summed E-state index contributed by atoms with van der Waals surface area (Å²) in [4.78, 5) is 5.69. The largest absolute Gasteiger partial charge is 0.441 e. The van der Waals surface area contributed by atoms with Gasteiger partial charge < -0.3 is 4.42 Å². The smallest absolute Gasteiger partial charge is 0.197 e. The molecule has 3 rings (SSSR count). The number of hydrogen-bond donors (Lipinski definition) is 0. The van der Waals surface area contributed by atoms with E-state index >= 15 is 0 Å². The molecule has 0 bridgehead atoms. The number of oxazole rings is 1. The summed E-state index contributed by atoms with van der Waals surface area (Å²) in [5.41, 5.74) is 2.78. The Kier molecular flexibility index (Phi) is 3.99. The van der Waals surface area contributed by atoms with E-state index in [4.69, 9.17) is 16.0 Å². The number of rotatable bonds is 4. The summed E-state index contributed by atoms with van der Waals surface area (Å²) in [7, 11) is 0. The minimum absolute atomic E-state index is 0.126. The van der Waals surface area contributed by atoms with Gasteiger partial charge in [-0.15, -0.1) is 23.4 Å². The third-order valence-electron chi connectivity index (χ3n) is 3.17. The normalized spacial score (nSPS) is 12.7. The zero-order chi connectivity index (χ0) is 13.9. The lowest BCUT2D eigenvalue weighted by Crippen LogP contribution is -1.96. The Morgan fingerprint density at radius 3 is 2.60 bits per heavy atom. The molecule has 0 amide bonds. The minimum Gasteiger partial charge on any atom is -0.441 e. The van der Waals surface area contributed by atoms with Crippen molar-refractivity contribution in [1.82, 2.24) is 4.98 Å². The van der Waals surface area contributed by atoms with Crippen LogP contribution in [-0.2, 0) is 6.42 Å². The van der Waals surface area contributed by atoms with Crippen LogP contribution < -0.4 is 0 Å². The van der Waals surface area contributed by atoms with Crippen molar-refractivity contribution >= 4 is 34.5 Å². The first kappa shape index (κ1) is 13.5. The average molecular weight is 304 g/mol. The molecule has 0 saturated carbocycles. The van der Waals surface area contributed by atoms with E-state index in [1.54, 1.807) is 11.8 Å². The van der Waals surface area contributed by atoms with E-state index in [0.717, 1.165) is 16.7 Å². The van der Waals surface area contributed by atoms with Gasteiger partial charge >= 0.3 is 0 Å². The van der Waals surface area contributed by atoms with E-state index in [1.807, 2.05) is 24.3 Å². The molecule has 2 nitrogen and oxygen atoms in total. The second kappa shape index (κ2) is 5.90.